The van der Waals surface area contributed by atoms with Crippen molar-refractivity contribution in [2.45, 2.75) is 46.5 Å². The lowest BCUT2D eigenvalue weighted by atomic mass is 10.2. The van der Waals surface area contributed by atoms with Gasteiger partial charge in [-0.2, -0.15) is 0 Å². The van der Waals surface area contributed by atoms with E-state index >= 15 is 0 Å². The number of nitrogens with zero attached hydrogens (tertiary/aromatic N) is 1. The van der Waals surface area contributed by atoms with Gasteiger partial charge in [-0.05, 0) is 39.3 Å². The summed E-state index contributed by atoms with van der Waals surface area (Å²) in [6.45, 7) is 12.2. The fourth-order valence-electron chi connectivity index (χ4n) is 2.00. The minimum atomic E-state index is 0.177. The fourth-order valence-corrected chi connectivity index (χ4v) is 2.00. The van der Waals surface area contributed by atoms with E-state index in [-0.39, 0.29) is 5.91 Å². The molecule has 0 aromatic carbocycles. The number of carbonyl (C=O) groups excluding carboxylic acids is 1. The molecule has 0 aromatic rings. The molecule has 0 fully saturated rings. The number of carbonyl (C=O) groups is 1. The van der Waals surface area contributed by atoms with E-state index in [2.05, 4.69) is 41.5 Å². The molecule has 0 radical (unpaired) electrons. The average molecular weight is 283 g/mol. The van der Waals surface area contributed by atoms with Crippen LogP contribution < -0.4 is 10.6 Å². The minimum Gasteiger partial charge on any atom is -0.355 e. The first-order valence-electron chi connectivity index (χ1n) is 8.05. The van der Waals surface area contributed by atoms with Crippen LogP contribution in [0.25, 0.3) is 0 Å². The van der Waals surface area contributed by atoms with Crippen LogP contribution in [-0.4, -0.2) is 50.1 Å². The molecule has 0 heterocycles. The van der Waals surface area contributed by atoms with Gasteiger partial charge in [-0.15, -0.1) is 0 Å². The van der Waals surface area contributed by atoms with E-state index in [9.17, 15) is 4.79 Å². The number of nitrogens with one attached hydrogen (secondary N) is 2. The van der Waals surface area contributed by atoms with Crippen molar-refractivity contribution < 1.29 is 4.79 Å². The Kier molecular flexibility index (Phi) is 13.9. The molecule has 1 amide bonds. The SMILES string of the molecule is C/C=C/CCCCC(=O)NCCNCCN(CC)CC. The number of unbranched alkanes of at least 4 members (excludes halogenated alkanes) is 2. The van der Waals surface area contributed by atoms with E-state index in [1.54, 1.807) is 0 Å². The van der Waals surface area contributed by atoms with Crippen LogP contribution >= 0.6 is 0 Å². The van der Waals surface area contributed by atoms with Crippen molar-refractivity contribution in [2.24, 2.45) is 0 Å². The van der Waals surface area contributed by atoms with Crippen LogP contribution in [0.4, 0.5) is 0 Å². The molecular formula is C16H33N3O. The second kappa shape index (κ2) is 14.5. The maximum Gasteiger partial charge on any atom is 0.220 e. The summed E-state index contributed by atoms with van der Waals surface area (Å²) in [7, 11) is 0. The lowest BCUT2D eigenvalue weighted by molar-refractivity contribution is -0.121. The Hall–Kier alpha value is -0.870. The zero-order valence-corrected chi connectivity index (χ0v) is 13.6. The average Bonchev–Trinajstić information content (AvgIpc) is 2.46. The predicted octanol–water partition coefficient (Wildman–Crippen LogP) is 2.17. The summed E-state index contributed by atoms with van der Waals surface area (Å²) in [6.07, 6.45) is 8.01. The Morgan fingerprint density at radius 1 is 1.10 bits per heavy atom. The molecule has 0 aromatic heterocycles. The number of likely N-dealkylation sites (N-methyl/N-ethyl adjacent to an activating group) is 1. The van der Waals surface area contributed by atoms with Gasteiger partial charge in [0, 0.05) is 32.6 Å². The monoisotopic (exact) mass is 283 g/mol. The summed E-state index contributed by atoms with van der Waals surface area (Å²) in [5.41, 5.74) is 0. The predicted molar refractivity (Wildman–Crippen MR) is 86.9 cm³/mol. The van der Waals surface area contributed by atoms with Crippen LogP contribution in [0.2, 0.25) is 0 Å². The van der Waals surface area contributed by atoms with E-state index in [0.717, 1.165) is 58.5 Å². The maximum absolute atomic E-state index is 11.5. The normalized spacial score (nSPS) is 11.4. The Morgan fingerprint density at radius 3 is 2.50 bits per heavy atom. The van der Waals surface area contributed by atoms with Gasteiger partial charge < -0.3 is 15.5 Å². The van der Waals surface area contributed by atoms with Crippen LogP contribution in [0.1, 0.15) is 46.5 Å². The smallest absolute Gasteiger partial charge is 0.220 e. The number of amides is 1. The Bertz CT molecular complexity index is 250. The lowest BCUT2D eigenvalue weighted by Gasteiger charge is -2.18. The summed E-state index contributed by atoms with van der Waals surface area (Å²) in [4.78, 5) is 13.9. The van der Waals surface area contributed by atoms with E-state index < -0.39 is 0 Å². The van der Waals surface area contributed by atoms with Crippen molar-refractivity contribution in [2.75, 3.05) is 39.3 Å². The zero-order chi connectivity index (χ0) is 15.1. The van der Waals surface area contributed by atoms with E-state index in [1.165, 1.54) is 0 Å². The highest BCUT2D eigenvalue weighted by Crippen LogP contribution is 2.00. The van der Waals surface area contributed by atoms with Crippen molar-refractivity contribution in [3.8, 4) is 0 Å². The van der Waals surface area contributed by atoms with Crippen molar-refractivity contribution in [1.82, 2.24) is 15.5 Å². The third-order valence-electron chi connectivity index (χ3n) is 3.38. The standard InChI is InChI=1S/C16H33N3O/c1-4-7-8-9-10-11-16(20)18-13-12-17-14-15-19(5-2)6-3/h4,7,17H,5-6,8-15H2,1-3H3,(H,18,20)/b7-4+. The van der Waals surface area contributed by atoms with Crippen LogP contribution in [0, 0.1) is 0 Å². The van der Waals surface area contributed by atoms with Gasteiger partial charge in [-0.3, -0.25) is 4.79 Å². The maximum atomic E-state index is 11.5. The third kappa shape index (κ3) is 12.2. The molecule has 0 bridgehead atoms. The molecule has 0 saturated carbocycles. The molecule has 0 saturated heterocycles. The molecule has 2 N–H and O–H groups in total. The van der Waals surface area contributed by atoms with Gasteiger partial charge in [-0.25, -0.2) is 0 Å². The van der Waals surface area contributed by atoms with Crippen LogP contribution in [0.3, 0.4) is 0 Å². The molecule has 0 unspecified atom stereocenters. The number of hydrogen-bond acceptors (Lipinski definition) is 3. The largest absolute Gasteiger partial charge is 0.355 e. The molecule has 0 aliphatic rings. The van der Waals surface area contributed by atoms with Gasteiger partial charge in [0.15, 0.2) is 0 Å². The molecule has 0 rings (SSSR count). The van der Waals surface area contributed by atoms with Gasteiger partial charge in [0.25, 0.3) is 0 Å². The first kappa shape index (κ1) is 19.1. The van der Waals surface area contributed by atoms with E-state index in [0.29, 0.717) is 6.42 Å². The van der Waals surface area contributed by atoms with Crippen molar-refractivity contribution in [3.63, 3.8) is 0 Å². The Morgan fingerprint density at radius 2 is 1.85 bits per heavy atom. The molecule has 0 spiro atoms. The first-order valence-corrected chi connectivity index (χ1v) is 8.05. The number of hydrogen-bond donors (Lipinski definition) is 2. The van der Waals surface area contributed by atoms with Crippen LogP contribution in [0.15, 0.2) is 12.2 Å². The van der Waals surface area contributed by atoms with Gasteiger partial charge >= 0.3 is 0 Å². The summed E-state index contributed by atoms with van der Waals surface area (Å²) < 4.78 is 0. The molecule has 4 heteroatoms. The molecule has 118 valence electrons. The van der Waals surface area contributed by atoms with Crippen molar-refractivity contribution >= 4 is 5.91 Å². The van der Waals surface area contributed by atoms with Gasteiger partial charge in [0.1, 0.15) is 0 Å². The quantitative estimate of drug-likeness (QED) is 0.402. The number of rotatable bonds is 13. The molecule has 20 heavy (non-hydrogen) atoms. The highest BCUT2D eigenvalue weighted by Gasteiger charge is 2.00. The summed E-state index contributed by atoms with van der Waals surface area (Å²) >= 11 is 0. The first-order chi connectivity index (χ1) is 9.74. The summed E-state index contributed by atoms with van der Waals surface area (Å²) in [6, 6.07) is 0. The zero-order valence-electron chi connectivity index (χ0n) is 13.6. The van der Waals surface area contributed by atoms with Crippen LogP contribution in [0.5, 0.6) is 0 Å². The highest BCUT2D eigenvalue weighted by atomic mass is 16.1. The Labute approximate surface area is 125 Å². The van der Waals surface area contributed by atoms with Gasteiger partial charge in [0.2, 0.25) is 5.91 Å². The van der Waals surface area contributed by atoms with E-state index in [1.807, 2.05) is 6.92 Å². The summed E-state index contributed by atoms with van der Waals surface area (Å²) in [5.74, 6) is 0.177. The summed E-state index contributed by atoms with van der Waals surface area (Å²) in [5, 5.41) is 6.31. The van der Waals surface area contributed by atoms with Gasteiger partial charge in [-0.1, -0.05) is 26.0 Å². The van der Waals surface area contributed by atoms with Crippen molar-refractivity contribution in [1.29, 1.82) is 0 Å². The molecule has 0 atom stereocenters. The molecule has 0 aliphatic carbocycles. The lowest BCUT2D eigenvalue weighted by Crippen LogP contribution is -2.36. The second-order valence-electron chi connectivity index (χ2n) is 4.94. The number of allylic oxidation sites excluding steroid dienone is 2. The van der Waals surface area contributed by atoms with Gasteiger partial charge in [0.05, 0.1) is 0 Å². The van der Waals surface area contributed by atoms with E-state index in [4.69, 9.17) is 0 Å². The minimum absolute atomic E-state index is 0.177. The second-order valence-corrected chi connectivity index (χ2v) is 4.94. The molecule has 0 aliphatic heterocycles. The Balaban J connectivity index is 3.31. The molecule has 4 nitrogen and oxygen atoms in total. The van der Waals surface area contributed by atoms with Crippen molar-refractivity contribution in [3.05, 3.63) is 12.2 Å². The molecular weight excluding hydrogens is 250 g/mol. The highest BCUT2D eigenvalue weighted by molar-refractivity contribution is 5.75. The van der Waals surface area contributed by atoms with Crippen LogP contribution in [-0.2, 0) is 4.79 Å². The fraction of sp³-hybridized carbons (Fsp3) is 0.812. The topological polar surface area (TPSA) is 44.4 Å². The third-order valence-corrected chi connectivity index (χ3v) is 3.38.